The number of hydrogen-bond donors (Lipinski definition) is 2. The fourth-order valence-corrected chi connectivity index (χ4v) is 2.85. The zero-order chi connectivity index (χ0) is 15.8. The Morgan fingerprint density at radius 1 is 1.39 bits per heavy atom. The first-order chi connectivity index (χ1) is 10.7. The molecule has 128 valence electrons. The van der Waals surface area contributed by atoms with Crippen LogP contribution in [0.1, 0.15) is 30.9 Å². The molecule has 2 rings (SSSR count). The molecule has 1 aromatic carbocycles. The van der Waals surface area contributed by atoms with Gasteiger partial charge in [-0.3, -0.25) is 4.90 Å². The van der Waals surface area contributed by atoms with Crippen molar-refractivity contribution in [2.24, 2.45) is 16.6 Å². The van der Waals surface area contributed by atoms with Gasteiger partial charge in [0.05, 0.1) is 6.54 Å². The summed E-state index contributed by atoms with van der Waals surface area (Å²) in [6.45, 7) is 10.7. The van der Waals surface area contributed by atoms with Crippen molar-refractivity contribution in [2.45, 2.75) is 32.9 Å². The fraction of sp³-hybridized carbons (Fsp3) is 0.500. The quantitative estimate of drug-likeness (QED) is 0.317. The molecule has 1 atom stereocenters. The van der Waals surface area contributed by atoms with Gasteiger partial charge < -0.3 is 11.1 Å². The molecule has 1 fully saturated rings. The van der Waals surface area contributed by atoms with Gasteiger partial charge in [-0.05, 0) is 36.4 Å². The van der Waals surface area contributed by atoms with Crippen molar-refractivity contribution in [1.29, 1.82) is 0 Å². The van der Waals surface area contributed by atoms with Gasteiger partial charge in [-0.15, -0.1) is 30.6 Å². The van der Waals surface area contributed by atoms with Crippen LogP contribution in [0.25, 0.3) is 0 Å². The Labute approximate surface area is 157 Å². The number of nitrogens with one attached hydrogen (secondary N) is 1. The normalized spacial score (nSPS) is 19.0. The first kappa shape index (κ1) is 20.0. The predicted molar refractivity (Wildman–Crippen MR) is 109 cm³/mol. The third-order valence-corrected chi connectivity index (χ3v) is 4.03. The van der Waals surface area contributed by atoms with Crippen LogP contribution in [0.5, 0.6) is 0 Å². The summed E-state index contributed by atoms with van der Waals surface area (Å²) in [5.74, 6) is 1.29. The molecule has 1 aromatic rings. The number of rotatable bonds is 6. The molecule has 0 aromatic heterocycles. The Kier molecular flexibility index (Phi) is 9.24. The minimum absolute atomic E-state index is 0. The van der Waals surface area contributed by atoms with Gasteiger partial charge in [-0.1, -0.05) is 37.3 Å². The van der Waals surface area contributed by atoms with Gasteiger partial charge in [-0.25, -0.2) is 4.99 Å². The highest BCUT2D eigenvalue weighted by atomic mass is 127. The molecule has 3 N–H and O–H groups in total. The molecule has 0 bridgehead atoms. The molecule has 0 aliphatic carbocycles. The number of hydrogen-bond acceptors (Lipinski definition) is 2. The van der Waals surface area contributed by atoms with Crippen LogP contribution in [0.4, 0.5) is 0 Å². The highest BCUT2D eigenvalue weighted by Gasteiger charge is 2.15. The number of halogens is 1. The van der Waals surface area contributed by atoms with Gasteiger partial charge in [0.2, 0.25) is 0 Å². The molecular formula is C18H29IN4. The number of piperidine rings is 1. The van der Waals surface area contributed by atoms with Crippen molar-refractivity contribution in [3.63, 3.8) is 0 Å². The van der Waals surface area contributed by atoms with Crippen molar-refractivity contribution < 1.29 is 0 Å². The number of aliphatic imine (C=N–C) groups is 1. The Bertz CT molecular complexity index is 498. The first-order valence-corrected chi connectivity index (χ1v) is 8.12. The van der Waals surface area contributed by atoms with E-state index < -0.39 is 0 Å². The van der Waals surface area contributed by atoms with Crippen LogP contribution in [-0.4, -0.2) is 30.5 Å². The zero-order valence-electron chi connectivity index (χ0n) is 14.0. The molecular weight excluding hydrogens is 399 g/mol. The summed E-state index contributed by atoms with van der Waals surface area (Å²) >= 11 is 0. The van der Waals surface area contributed by atoms with Crippen molar-refractivity contribution >= 4 is 29.9 Å². The smallest absolute Gasteiger partial charge is 0.189 e. The Hall–Kier alpha value is -1.08. The molecule has 1 heterocycles. The van der Waals surface area contributed by atoms with E-state index in [9.17, 15) is 0 Å². The van der Waals surface area contributed by atoms with E-state index >= 15 is 0 Å². The summed E-state index contributed by atoms with van der Waals surface area (Å²) in [5, 5.41) is 2.98. The second-order valence-electron chi connectivity index (χ2n) is 6.17. The fourth-order valence-electron chi connectivity index (χ4n) is 2.85. The van der Waals surface area contributed by atoms with E-state index in [1.165, 1.54) is 37.1 Å². The van der Waals surface area contributed by atoms with Crippen LogP contribution >= 0.6 is 24.0 Å². The average molecular weight is 428 g/mol. The molecule has 0 spiro atoms. The number of nitrogens with zero attached hydrogens (tertiary/aromatic N) is 2. The molecule has 4 nitrogen and oxygen atoms in total. The second-order valence-corrected chi connectivity index (χ2v) is 6.17. The maximum Gasteiger partial charge on any atom is 0.189 e. The van der Waals surface area contributed by atoms with Crippen molar-refractivity contribution in [2.75, 3.05) is 19.6 Å². The van der Waals surface area contributed by atoms with Crippen molar-refractivity contribution in [3.8, 4) is 0 Å². The lowest BCUT2D eigenvalue weighted by molar-refractivity contribution is 0.176. The molecule has 1 unspecified atom stereocenters. The van der Waals surface area contributed by atoms with Crippen molar-refractivity contribution in [3.05, 3.63) is 48.0 Å². The molecule has 5 heteroatoms. The Morgan fingerprint density at radius 3 is 2.74 bits per heavy atom. The van der Waals surface area contributed by atoms with E-state index in [-0.39, 0.29) is 24.0 Å². The predicted octanol–water partition coefficient (Wildman–Crippen LogP) is 3.13. The van der Waals surface area contributed by atoms with Gasteiger partial charge in [0.15, 0.2) is 5.96 Å². The van der Waals surface area contributed by atoms with E-state index in [0.29, 0.717) is 19.0 Å². The maximum absolute atomic E-state index is 5.76. The van der Waals surface area contributed by atoms with Gasteiger partial charge in [0.25, 0.3) is 0 Å². The van der Waals surface area contributed by atoms with Gasteiger partial charge in [0, 0.05) is 19.6 Å². The summed E-state index contributed by atoms with van der Waals surface area (Å²) in [6.07, 6.45) is 4.46. The van der Waals surface area contributed by atoms with Gasteiger partial charge in [0.1, 0.15) is 0 Å². The number of benzene rings is 1. The molecule has 1 aliphatic heterocycles. The van der Waals surface area contributed by atoms with E-state index in [0.717, 1.165) is 12.5 Å². The van der Waals surface area contributed by atoms with Crippen LogP contribution in [-0.2, 0) is 13.1 Å². The van der Waals surface area contributed by atoms with Crippen LogP contribution < -0.4 is 11.1 Å². The topological polar surface area (TPSA) is 53.6 Å². The van der Waals surface area contributed by atoms with E-state index in [1.807, 2.05) is 0 Å². The standard InChI is InChI=1S/C18H28N4.HI/c1-3-10-20-18(19)21-12-16-6-8-17(9-7-16)14-22-11-4-5-15(2)13-22;/h3,6-9,15H,1,4-5,10-14H2,2H3,(H3,19,20,21);1H. The van der Waals surface area contributed by atoms with Crippen LogP contribution in [0.15, 0.2) is 41.9 Å². The Morgan fingerprint density at radius 2 is 2.09 bits per heavy atom. The third kappa shape index (κ3) is 7.35. The molecule has 0 radical (unpaired) electrons. The van der Waals surface area contributed by atoms with Crippen LogP contribution in [0.3, 0.4) is 0 Å². The lowest BCUT2D eigenvalue weighted by atomic mass is 9.99. The molecule has 1 saturated heterocycles. The number of likely N-dealkylation sites (tertiary alicyclic amines) is 1. The van der Waals surface area contributed by atoms with E-state index in [1.54, 1.807) is 6.08 Å². The minimum Gasteiger partial charge on any atom is -0.370 e. The molecule has 0 saturated carbocycles. The minimum atomic E-state index is 0. The molecule has 1 aliphatic rings. The highest BCUT2D eigenvalue weighted by Crippen LogP contribution is 2.18. The average Bonchev–Trinajstić information content (AvgIpc) is 2.52. The van der Waals surface area contributed by atoms with E-state index in [4.69, 9.17) is 5.73 Å². The lowest BCUT2D eigenvalue weighted by Crippen LogP contribution is -2.33. The van der Waals surface area contributed by atoms with Crippen LogP contribution in [0.2, 0.25) is 0 Å². The van der Waals surface area contributed by atoms with Crippen LogP contribution in [0, 0.1) is 5.92 Å². The van der Waals surface area contributed by atoms with Crippen molar-refractivity contribution in [1.82, 2.24) is 10.2 Å². The summed E-state index contributed by atoms with van der Waals surface area (Å²) < 4.78 is 0. The summed E-state index contributed by atoms with van der Waals surface area (Å²) in [4.78, 5) is 6.87. The number of guanidine groups is 1. The first-order valence-electron chi connectivity index (χ1n) is 8.12. The summed E-state index contributed by atoms with van der Waals surface area (Å²) in [7, 11) is 0. The largest absolute Gasteiger partial charge is 0.370 e. The second kappa shape index (κ2) is 10.6. The summed E-state index contributed by atoms with van der Waals surface area (Å²) in [6, 6.07) is 8.70. The van der Waals surface area contributed by atoms with Gasteiger partial charge >= 0.3 is 0 Å². The number of nitrogens with two attached hydrogens (primary N) is 1. The summed E-state index contributed by atoms with van der Waals surface area (Å²) in [5.41, 5.74) is 8.31. The third-order valence-electron chi connectivity index (χ3n) is 4.03. The Balaban J connectivity index is 0.00000264. The monoisotopic (exact) mass is 428 g/mol. The molecule has 0 amide bonds. The zero-order valence-corrected chi connectivity index (χ0v) is 16.3. The lowest BCUT2D eigenvalue weighted by Gasteiger charge is -2.30. The SMILES string of the molecule is C=CCNC(N)=NCc1ccc(CN2CCCC(C)C2)cc1.I. The highest BCUT2D eigenvalue weighted by molar-refractivity contribution is 14.0. The molecule has 23 heavy (non-hydrogen) atoms. The maximum atomic E-state index is 5.76. The van der Waals surface area contributed by atoms with E-state index in [2.05, 4.69) is 53.0 Å². The van der Waals surface area contributed by atoms with Gasteiger partial charge in [-0.2, -0.15) is 0 Å².